The molecular formula is C26H26BrN3O4S. The summed E-state index contributed by atoms with van der Waals surface area (Å²) >= 11 is 4.89. The fourth-order valence-electron chi connectivity index (χ4n) is 3.61. The molecule has 0 aliphatic carbocycles. The van der Waals surface area contributed by atoms with E-state index >= 15 is 0 Å². The number of nitro groups is 1. The van der Waals surface area contributed by atoms with E-state index in [4.69, 9.17) is 0 Å². The first-order chi connectivity index (χ1) is 16.9. The molecule has 0 spiro atoms. The van der Waals surface area contributed by atoms with Gasteiger partial charge in [-0.05, 0) is 28.8 Å². The zero-order valence-electron chi connectivity index (χ0n) is 19.2. The molecule has 0 saturated carbocycles. The molecule has 182 valence electrons. The van der Waals surface area contributed by atoms with Crippen molar-refractivity contribution in [3.8, 4) is 0 Å². The highest BCUT2D eigenvalue weighted by molar-refractivity contribution is 9.10. The van der Waals surface area contributed by atoms with Gasteiger partial charge in [0.25, 0.3) is 5.69 Å². The second-order valence-electron chi connectivity index (χ2n) is 7.89. The van der Waals surface area contributed by atoms with Crippen molar-refractivity contribution in [2.75, 3.05) is 12.8 Å². The van der Waals surface area contributed by atoms with Gasteiger partial charge < -0.3 is 10.2 Å². The normalized spacial score (nSPS) is 11.5. The Morgan fingerprint density at radius 2 is 1.69 bits per heavy atom. The van der Waals surface area contributed by atoms with Crippen molar-refractivity contribution in [2.45, 2.75) is 24.8 Å². The Morgan fingerprint density at radius 3 is 2.31 bits per heavy atom. The molecule has 0 aliphatic heterocycles. The van der Waals surface area contributed by atoms with Crippen LogP contribution in [0.1, 0.15) is 16.7 Å². The maximum Gasteiger partial charge on any atom is 0.269 e. The van der Waals surface area contributed by atoms with Crippen LogP contribution in [0.5, 0.6) is 0 Å². The molecule has 9 heteroatoms. The third-order valence-electron chi connectivity index (χ3n) is 5.40. The van der Waals surface area contributed by atoms with Crippen molar-refractivity contribution in [3.63, 3.8) is 0 Å². The minimum atomic E-state index is -0.672. The van der Waals surface area contributed by atoms with Crippen LogP contribution in [0, 0.1) is 10.1 Å². The van der Waals surface area contributed by atoms with E-state index in [0.717, 1.165) is 21.2 Å². The van der Waals surface area contributed by atoms with Crippen molar-refractivity contribution in [1.29, 1.82) is 0 Å². The van der Waals surface area contributed by atoms with Gasteiger partial charge in [-0.15, -0.1) is 11.8 Å². The van der Waals surface area contributed by atoms with Crippen molar-refractivity contribution >= 4 is 45.2 Å². The van der Waals surface area contributed by atoms with Crippen LogP contribution in [0.15, 0.2) is 83.3 Å². The summed E-state index contributed by atoms with van der Waals surface area (Å²) < 4.78 is 0.898. The molecule has 35 heavy (non-hydrogen) atoms. The molecule has 7 nitrogen and oxygen atoms in total. The van der Waals surface area contributed by atoms with Crippen molar-refractivity contribution in [1.82, 2.24) is 10.2 Å². The van der Waals surface area contributed by atoms with Gasteiger partial charge in [-0.2, -0.15) is 0 Å². The van der Waals surface area contributed by atoms with Crippen molar-refractivity contribution in [3.05, 3.63) is 110 Å². The maximum absolute atomic E-state index is 13.4. The number of thioether (sulfide) groups is 1. The fraction of sp³-hybridized carbons (Fsp3) is 0.231. The number of hydrogen-bond acceptors (Lipinski definition) is 5. The van der Waals surface area contributed by atoms with Gasteiger partial charge in [0.2, 0.25) is 11.8 Å². The summed E-state index contributed by atoms with van der Waals surface area (Å²) in [6.07, 6.45) is 0.396. The minimum absolute atomic E-state index is 0.0318. The number of carbonyl (C=O) groups is 2. The molecule has 0 unspecified atom stereocenters. The molecule has 0 saturated heterocycles. The third kappa shape index (κ3) is 7.93. The average molecular weight is 556 g/mol. The van der Waals surface area contributed by atoms with Gasteiger partial charge in [-0.25, -0.2) is 0 Å². The van der Waals surface area contributed by atoms with Crippen LogP contribution in [0.4, 0.5) is 5.69 Å². The van der Waals surface area contributed by atoms with E-state index in [1.807, 2.05) is 54.6 Å². The summed E-state index contributed by atoms with van der Waals surface area (Å²) in [4.78, 5) is 38.4. The lowest BCUT2D eigenvalue weighted by Gasteiger charge is -2.31. The largest absolute Gasteiger partial charge is 0.357 e. The van der Waals surface area contributed by atoms with Gasteiger partial charge in [0.05, 0.1) is 10.7 Å². The SMILES string of the molecule is CNC(=O)[C@H](Cc1ccccc1)N(Cc1cccc(Br)c1)C(=O)CSCc1ccc([N+](=O)[O-])cc1. The van der Waals surface area contributed by atoms with E-state index in [0.29, 0.717) is 18.7 Å². The molecule has 1 N–H and O–H groups in total. The molecule has 3 rings (SSSR count). The number of amides is 2. The monoisotopic (exact) mass is 555 g/mol. The summed E-state index contributed by atoms with van der Waals surface area (Å²) in [7, 11) is 1.57. The second-order valence-corrected chi connectivity index (χ2v) is 9.79. The van der Waals surface area contributed by atoms with E-state index in [2.05, 4.69) is 21.2 Å². The van der Waals surface area contributed by atoms with Crippen LogP contribution in [-0.2, 0) is 28.3 Å². The maximum atomic E-state index is 13.4. The topological polar surface area (TPSA) is 92.6 Å². The smallest absolute Gasteiger partial charge is 0.269 e. The molecule has 1 atom stereocenters. The highest BCUT2D eigenvalue weighted by Crippen LogP contribution is 2.21. The molecular weight excluding hydrogens is 530 g/mol. The quantitative estimate of drug-likeness (QED) is 0.266. The molecule has 3 aromatic carbocycles. The van der Waals surface area contributed by atoms with Gasteiger partial charge in [0.15, 0.2) is 0 Å². The van der Waals surface area contributed by atoms with Gasteiger partial charge in [0, 0.05) is 42.4 Å². The van der Waals surface area contributed by atoms with E-state index < -0.39 is 11.0 Å². The van der Waals surface area contributed by atoms with Crippen LogP contribution in [0.3, 0.4) is 0 Å². The van der Waals surface area contributed by atoms with Crippen LogP contribution < -0.4 is 5.32 Å². The number of rotatable bonds is 11. The average Bonchev–Trinajstić information content (AvgIpc) is 2.86. The number of non-ortho nitro benzene ring substituents is 1. The number of carbonyl (C=O) groups excluding carboxylic acids is 2. The first-order valence-corrected chi connectivity index (χ1v) is 12.9. The molecule has 2 amide bonds. The van der Waals surface area contributed by atoms with Crippen molar-refractivity contribution in [2.24, 2.45) is 0 Å². The van der Waals surface area contributed by atoms with E-state index in [1.54, 1.807) is 24.1 Å². The molecule has 0 aromatic heterocycles. The summed E-state index contributed by atoms with van der Waals surface area (Å²) in [6, 6.07) is 22.9. The standard InChI is InChI=1S/C26H26BrN3O4S/c1-28-26(32)24(15-19-6-3-2-4-7-19)29(16-21-8-5-9-22(27)14-21)25(31)18-35-17-20-10-12-23(13-11-20)30(33)34/h2-14,24H,15-18H2,1H3,(H,28,32)/t24-/m0/s1. The van der Waals surface area contributed by atoms with Crippen LogP contribution in [-0.4, -0.2) is 40.5 Å². The molecule has 0 heterocycles. The lowest BCUT2D eigenvalue weighted by Crippen LogP contribution is -2.50. The van der Waals surface area contributed by atoms with Gasteiger partial charge >= 0.3 is 0 Å². The third-order valence-corrected chi connectivity index (χ3v) is 6.88. The van der Waals surface area contributed by atoms with E-state index in [-0.39, 0.29) is 23.3 Å². The van der Waals surface area contributed by atoms with Crippen LogP contribution in [0.2, 0.25) is 0 Å². The Kier molecular flexibility index (Phi) is 9.86. The molecule has 0 bridgehead atoms. The lowest BCUT2D eigenvalue weighted by molar-refractivity contribution is -0.384. The zero-order valence-corrected chi connectivity index (χ0v) is 21.6. The predicted octanol–water partition coefficient (Wildman–Crippen LogP) is 4.98. The highest BCUT2D eigenvalue weighted by Gasteiger charge is 2.29. The molecule has 0 radical (unpaired) electrons. The second kappa shape index (κ2) is 13.1. The van der Waals surface area contributed by atoms with Gasteiger partial charge in [-0.3, -0.25) is 19.7 Å². The zero-order chi connectivity index (χ0) is 25.2. The first-order valence-electron chi connectivity index (χ1n) is 11.0. The Hall–Kier alpha value is -3.17. The number of nitro benzene ring substituents is 1. The fourth-order valence-corrected chi connectivity index (χ4v) is 4.92. The summed E-state index contributed by atoms with van der Waals surface area (Å²) in [5.74, 6) is 0.324. The number of nitrogens with zero attached hydrogens (tertiary/aromatic N) is 2. The summed E-state index contributed by atoms with van der Waals surface area (Å²) in [5.41, 5.74) is 2.80. The summed E-state index contributed by atoms with van der Waals surface area (Å²) in [6.45, 7) is 0.293. The van der Waals surface area contributed by atoms with Crippen molar-refractivity contribution < 1.29 is 14.5 Å². The number of halogens is 1. The van der Waals surface area contributed by atoms with Crippen LogP contribution >= 0.6 is 27.7 Å². The Morgan fingerprint density at radius 1 is 1.00 bits per heavy atom. The Balaban J connectivity index is 1.78. The predicted molar refractivity (Wildman–Crippen MR) is 142 cm³/mol. The molecule has 0 fully saturated rings. The van der Waals surface area contributed by atoms with E-state index in [1.165, 1.54) is 23.9 Å². The first kappa shape index (κ1) is 26.4. The van der Waals surface area contributed by atoms with Gasteiger partial charge in [-0.1, -0.05) is 70.5 Å². The van der Waals surface area contributed by atoms with Gasteiger partial charge in [0.1, 0.15) is 6.04 Å². The minimum Gasteiger partial charge on any atom is -0.357 e. The van der Waals surface area contributed by atoms with E-state index in [9.17, 15) is 19.7 Å². The molecule has 3 aromatic rings. The lowest BCUT2D eigenvalue weighted by atomic mass is 10.0. The number of hydrogen-bond donors (Lipinski definition) is 1. The Bertz CT molecular complexity index is 1160. The number of benzene rings is 3. The summed E-state index contributed by atoms with van der Waals surface area (Å²) in [5, 5.41) is 13.6. The highest BCUT2D eigenvalue weighted by atomic mass is 79.9. The molecule has 0 aliphatic rings. The number of likely N-dealkylation sites (N-methyl/N-ethyl adjacent to an activating group) is 1. The Labute approximate surface area is 217 Å². The number of nitrogens with one attached hydrogen (secondary N) is 1. The van der Waals surface area contributed by atoms with Crippen LogP contribution in [0.25, 0.3) is 0 Å².